The van der Waals surface area contributed by atoms with Crippen LogP contribution in [0.1, 0.15) is 5.82 Å². The molecule has 2 aromatic heterocycles. The van der Waals surface area contributed by atoms with E-state index in [9.17, 15) is 8.42 Å². The summed E-state index contributed by atoms with van der Waals surface area (Å²) in [6.07, 6.45) is 0. The van der Waals surface area contributed by atoms with Gasteiger partial charge in [0.15, 0.2) is 0 Å². The fourth-order valence-electron chi connectivity index (χ4n) is 0.826. The van der Waals surface area contributed by atoms with Crippen LogP contribution in [-0.4, -0.2) is 28.0 Å². The Morgan fingerprint density at radius 2 is 2.12 bits per heavy atom. The molecular formula is C5H6N6O2S3. The second-order valence-electron chi connectivity index (χ2n) is 2.66. The number of nitrogens with zero attached hydrogens (tertiary/aromatic N) is 4. The molecule has 0 fully saturated rings. The van der Waals surface area contributed by atoms with Gasteiger partial charge in [-0.25, -0.2) is 4.98 Å². The molecule has 8 nitrogen and oxygen atoms in total. The van der Waals surface area contributed by atoms with Crippen LogP contribution in [-0.2, 0) is 10.0 Å². The molecule has 11 heteroatoms. The van der Waals surface area contributed by atoms with Gasteiger partial charge in [0, 0.05) is 11.5 Å². The zero-order valence-electron chi connectivity index (χ0n) is 7.91. The summed E-state index contributed by atoms with van der Waals surface area (Å²) in [6.45, 7) is 1.66. The number of nitrogens with two attached hydrogens (primary N) is 1. The maximum atomic E-state index is 11.7. The minimum Gasteiger partial charge on any atom is -0.374 e. The Balaban J connectivity index is 2.27. The maximum absolute atomic E-state index is 11.7. The smallest absolute Gasteiger partial charge is 0.293 e. The normalized spacial score (nSPS) is 11.6. The topological polar surface area (TPSA) is 124 Å². The molecule has 0 radical (unpaired) electrons. The average Bonchev–Trinajstić information content (AvgIpc) is 2.75. The number of aromatic nitrogens is 4. The van der Waals surface area contributed by atoms with Gasteiger partial charge in [-0.15, -0.1) is 10.2 Å². The Morgan fingerprint density at radius 1 is 1.38 bits per heavy atom. The van der Waals surface area contributed by atoms with Crippen LogP contribution < -0.4 is 10.5 Å². The summed E-state index contributed by atoms with van der Waals surface area (Å²) >= 11 is 1.73. The average molecular weight is 278 g/mol. The molecule has 16 heavy (non-hydrogen) atoms. The molecule has 0 spiro atoms. The molecule has 0 saturated carbocycles. The highest BCUT2D eigenvalue weighted by molar-refractivity contribution is 7.94. The molecular weight excluding hydrogens is 272 g/mol. The highest BCUT2D eigenvalue weighted by Crippen LogP contribution is 2.21. The number of rotatable bonds is 3. The number of aryl methyl sites for hydroxylation is 1. The van der Waals surface area contributed by atoms with Crippen molar-refractivity contribution in [3.63, 3.8) is 0 Å². The van der Waals surface area contributed by atoms with E-state index in [1.54, 1.807) is 6.92 Å². The third-order valence-corrected chi connectivity index (χ3v) is 4.71. The summed E-state index contributed by atoms with van der Waals surface area (Å²) < 4.78 is 29.3. The molecule has 0 aliphatic heterocycles. The minimum absolute atomic E-state index is 0.0915. The van der Waals surface area contributed by atoms with Crippen LogP contribution in [0.15, 0.2) is 4.34 Å². The van der Waals surface area contributed by atoms with Crippen LogP contribution in [0.3, 0.4) is 0 Å². The van der Waals surface area contributed by atoms with Crippen molar-refractivity contribution in [3.05, 3.63) is 5.82 Å². The Morgan fingerprint density at radius 3 is 2.62 bits per heavy atom. The maximum Gasteiger partial charge on any atom is 0.293 e. The molecule has 2 aromatic rings. The Hall–Kier alpha value is -1.33. The summed E-state index contributed by atoms with van der Waals surface area (Å²) in [5.41, 5.74) is 5.30. The molecule has 0 bridgehead atoms. The second kappa shape index (κ2) is 3.92. The van der Waals surface area contributed by atoms with Crippen molar-refractivity contribution in [2.75, 3.05) is 10.5 Å². The van der Waals surface area contributed by atoms with E-state index < -0.39 is 10.0 Å². The number of nitrogen functional groups attached to an aromatic ring is 1. The van der Waals surface area contributed by atoms with Crippen LogP contribution in [0.2, 0.25) is 0 Å². The Labute approximate surface area is 98.8 Å². The molecule has 0 aromatic carbocycles. The molecule has 0 saturated heterocycles. The van der Waals surface area contributed by atoms with Crippen LogP contribution in [0.25, 0.3) is 0 Å². The largest absolute Gasteiger partial charge is 0.374 e. The molecule has 3 N–H and O–H groups in total. The minimum atomic E-state index is -3.76. The fourth-order valence-corrected chi connectivity index (χ4v) is 3.41. The van der Waals surface area contributed by atoms with Gasteiger partial charge in [0.2, 0.25) is 10.3 Å². The van der Waals surface area contributed by atoms with Gasteiger partial charge in [0.05, 0.1) is 0 Å². The van der Waals surface area contributed by atoms with E-state index in [-0.39, 0.29) is 14.6 Å². The molecule has 0 unspecified atom stereocenters. The zero-order chi connectivity index (χ0) is 11.8. The summed E-state index contributed by atoms with van der Waals surface area (Å²) in [5, 5.41) is 7.14. The molecule has 2 heterocycles. The zero-order valence-corrected chi connectivity index (χ0v) is 10.4. The van der Waals surface area contributed by atoms with Crippen LogP contribution >= 0.6 is 22.9 Å². The third kappa shape index (κ3) is 2.25. The molecule has 0 aliphatic rings. The lowest BCUT2D eigenvalue weighted by atomic mass is 10.8. The first-order chi connectivity index (χ1) is 7.47. The SMILES string of the molecule is Cc1nsc(NS(=O)(=O)c2nnc(N)s2)n1. The first-order valence-corrected chi connectivity index (χ1v) is 6.97. The fraction of sp³-hybridized carbons (Fsp3) is 0.200. The lowest BCUT2D eigenvalue weighted by molar-refractivity contribution is 0.599. The Bertz CT molecular complexity index is 601. The first kappa shape index (κ1) is 11.2. The van der Waals surface area contributed by atoms with E-state index >= 15 is 0 Å². The predicted molar refractivity (Wildman–Crippen MR) is 59.8 cm³/mol. The van der Waals surface area contributed by atoms with E-state index in [4.69, 9.17) is 5.73 Å². The van der Waals surface area contributed by atoms with Gasteiger partial charge in [0.1, 0.15) is 5.82 Å². The van der Waals surface area contributed by atoms with Gasteiger partial charge in [0.25, 0.3) is 14.4 Å². The van der Waals surface area contributed by atoms with Gasteiger partial charge >= 0.3 is 0 Å². The van der Waals surface area contributed by atoms with Gasteiger partial charge in [-0.1, -0.05) is 11.3 Å². The van der Waals surface area contributed by atoms with Crippen molar-refractivity contribution >= 4 is 43.2 Å². The van der Waals surface area contributed by atoms with Crippen LogP contribution in [0.5, 0.6) is 0 Å². The molecule has 0 amide bonds. The highest BCUT2D eigenvalue weighted by atomic mass is 32.2. The second-order valence-corrected chi connectivity index (χ2v) is 6.28. The number of nitrogens with one attached hydrogen (secondary N) is 1. The monoisotopic (exact) mass is 278 g/mol. The summed E-state index contributed by atoms with van der Waals surface area (Å²) in [4.78, 5) is 3.87. The number of sulfonamides is 1. The van der Waals surface area contributed by atoms with E-state index in [0.717, 1.165) is 22.9 Å². The van der Waals surface area contributed by atoms with Gasteiger partial charge in [-0.2, -0.15) is 12.8 Å². The number of anilines is 2. The van der Waals surface area contributed by atoms with Crippen molar-refractivity contribution in [2.45, 2.75) is 11.3 Å². The summed E-state index contributed by atoms with van der Waals surface area (Å²) in [5.74, 6) is 0.500. The van der Waals surface area contributed by atoms with Crippen molar-refractivity contribution in [3.8, 4) is 0 Å². The standard InChI is InChI=1S/C5H6N6O2S3/c1-2-7-4(15-10-2)11-16(12,13)5-9-8-3(6)14-5/h1H3,(H2,6,8)(H,7,10,11). The van der Waals surface area contributed by atoms with Crippen LogP contribution in [0.4, 0.5) is 10.3 Å². The van der Waals surface area contributed by atoms with Crippen molar-refractivity contribution in [1.29, 1.82) is 0 Å². The summed E-state index contributed by atoms with van der Waals surface area (Å²) in [7, 11) is -3.76. The van der Waals surface area contributed by atoms with E-state index in [1.807, 2.05) is 0 Å². The van der Waals surface area contributed by atoms with E-state index in [0.29, 0.717) is 5.82 Å². The highest BCUT2D eigenvalue weighted by Gasteiger charge is 2.21. The van der Waals surface area contributed by atoms with Crippen molar-refractivity contribution in [2.24, 2.45) is 0 Å². The molecule has 86 valence electrons. The third-order valence-electron chi connectivity index (χ3n) is 1.40. The van der Waals surface area contributed by atoms with Crippen molar-refractivity contribution < 1.29 is 8.42 Å². The number of hydrogen-bond donors (Lipinski definition) is 2. The quantitative estimate of drug-likeness (QED) is 0.814. The molecule has 2 rings (SSSR count). The molecule has 0 aliphatic carbocycles. The Kier molecular flexibility index (Phi) is 2.73. The van der Waals surface area contributed by atoms with Gasteiger partial charge < -0.3 is 5.73 Å². The van der Waals surface area contributed by atoms with Gasteiger partial charge in [-0.05, 0) is 6.92 Å². The first-order valence-electron chi connectivity index (χ1n) is 3.89. The molecule has 0 atom stereocenters. The summed E-state index contributed by atoms with van der Waals surface area (Å²) in [6, 6.07) is 0. The number of hydrogen-bond acceptors (Lipinski definition) is 9. The van der Waals surface area contributed by atoms with E-state index in [2.05, 4.69) is 24.3 Å². The van der Waals surface area contributed by atoms with Crippen molar-refractivity contribution in [1.82, 2.24) is 19.6 Å². The lowest BCUT2D eigenvalue weighted by Crippen LogP contribution is -2.12. The lowest BCUT2D eigenvalue weighted by Gasteiger charge is -1.98. The van der Waals surface area contributed by atoms with E-state index in [1.165, 1.54) is 0 Å². The predicted octanol–water partition coefficient (Wildman–Crippen LogP) is 0.0810. The van der Waals surface area contributed by atoms with Gasteiger partial charge in [-0.3, -0.25) is 4.72 Å². The van der Waals surface area contributed by atoms with Crippen LogP contribution in [0, 0.1) is 6.92 Å².